The highest BCUT2D eigenvalue weighted by Crippen LogP contribution is 2.33. The fraction of sp³-hybridized carbons (Fsp3) is 0.381. The Bertz CT molecular complexity index is 720. The minimum absolute atomic E-state index is 0.297. The SMILES string of the molecule is CCCN(Cc1ccccc1)C1COc2cc(C3C=N3)ccc2C1. The number of hydrogen-bond donors (Lipinski definition) is 0. The highest BCUT2D eigenvalue weighted by atomic mass is 16.5. The molecule has 0 amide bonds. The molecule has 2 aliphatic heterocycles. The van der Waals surface area contributed by atoms with Crippen molar-refractivity contribution in [2.75, 3.05) is 13.2 Å². The fourth-order valence-corrected chi connectivity index (χ4v) is 3.50. The summed E-state index contributed by atoms with van der Waals surface area (Å²) in [5.41, 5.74) is 3.95. The molecule has 2 unspecified atom stereocenters. The van der Waals surface area contributed by atoms with Gasteiger partial charge >= 0.3 is 0 Å². The van der Waals surface area contributed by atoms with E-state index < -0.39 is 0 Å². The Kier molecular flexibility index (Phi) is 4.35. The number of fused-ring (bicyclic) bond motifs is 1. The molecule has 0 fully saturated rings. The third-order valence-electron chi connectivity index (χ3n) is 4.87. The summed E-state index contributed by atoms with van der Waals surface area (Å²) in [6.45, 7) is 5.12. The second-order valence-electron chi connectivity index (χ2n) is 6.74. The highest BCUT2D eigenvalue weighted by molar-refractivity contribution is 5.80. The molecule has 0 bridgehead atoms. The van der Waals surface area contributed by atoms with Crippen LogP contribution in [0.1, 0.15) is 36.1 Å². The van der Waals surface area contributed by atoms with Crippen molar-refractivity contribution in [2.24, 2.45) is 4.99 Å². The van der Waals surface area contributed by atoms with Gasteiger partial charge in [-0.15, -0.1) is 0 Å². The fourth-order valence-electron chi connectivity index (χ4n) is 3.50. The summed E-state index contributed by atoms with van der Waals surface area (Å²) in [4.78, 5) is 6.81. The zero-order valence-electron chi connectivity index (χ0n) is 14.2. The van der Waals surface area contributed by atoms with Gasteiger partial charge in [-0.3, -0.25) is 9.89 Å². The van der Waals surface area contributed by atoms with Gasteiger partial charge in [0.1, 0.15) is 18.4 Å². The van der Waals surface area contributed by atoms with E-state index in [2.05, 4.69) is 65.3 Å². The lowest BCUT2D eigenvalue weighted by atomic mass is 9.98. The second-order valence-corrected chi connectivity index (χ2v) is 6.74. The third-order valence-corrected chi connectivity index (χ3v) is 4.87. The molecule has 4 rings (SSSR count). The van der Waals surface area contributed by atoms with Gasteiger partial charge in [0, 0.05) is 18.8 Å². The number of rotatable bonds is 6. The van der Waals surface area contributed by atoms with E-state index in [9.17, 15) is 0 Å². The van der Waals surface area contributed by atoms with Gasteiger partial charge in [0.2, 0.25) is 0 Å². The average molecular weight is 320 g/mol. The van der Waals surface area contributed by atoms with E-state index in [1.165, 1.54) is 16.7 Å². The van der Waals surface area contributed by atoms with E-state index >= 15 is 0 Å². The van der Waals surface area contributed by atoms with Crippen LogP contribution in [0, 0.1) is 0 Å². The van der Waals surface area contributed by atoms with Crippen molar-refractivity contribution in [2.45, 2.75) is 38.4 Å². The van der Waals surface area contributed by atoms with Crippen molar-refractivity contribution in [3.63, 3.8) is 0 Å². The Labute approximate surface area is 144 Å². The molecular formula is C21H24N2O. The van der Waals surface area contributed by atoms with Crippen LogP contribution in [0.2, 0.25) is 0 Å². The van der Waals surface area contributed by atoms with E-state index in [0.29, 0.717) is 12.1 Å². The summed E-state index contributed by atoms with van der Waals surface area (Å²) < 4.78 is 6.12. The number of nitrogens with zero attached hydrogens (tertiary/aromatic N) is 2. The first-order chi connectivity index (χ1) is 11.8. The molecule has 0 aliphatic carbocycles. The minimum atomic E-state index is 0.297. The van der Waals surface area contributed by atoms with E-state index in [1.807, 2.05) is 6.21 Å². The zero-order valence-corrected chi connectivity index (χ0v) is 14.2. The number of ether oxygens (including phenoxy) is 1. The van der Waals surface area contributed by atoms with Crippen LogP contribution < -0.4 is 4.74 Å². The van der Waals surface area contributed by atoms with Crippen LogP contribution in [-0.2, 0) is 13.0 Å². The predicted octanol–water partition coefficient (Wildman–Crippen LogP) is 4.03. The summed E-state index contributed by atoms with van der Waals surface area (Å²) in [5, 5.41) is 0. The van der Waals surface area contributed by atoms with Gasteiger partial charge in [0.05, 0.1) is 0 Å². The molecule has 124 valence electrons. The minimum Gasteiger partial charge on any atom is -0.492 e. The Morgan fingerprint density at radius 1 is 1.17 bits per heavy atom. The molecule has 0 saturated carbocycles. The Balaban J connectivity index is 1.48. The predicted molar refractivity (Wildman–Crippen MR) is 97.8 cm³/mol. The molecule has 2 atom stereocenters. The second kappa shape index (κ2) is 6.78. The number of aliphatic imine (C=N–C) groups is 1. The molecule has 2 aliphatic rings. The van der Waals surface area contributed by atoms with Crippen LogP contribution in [-0.4, -0.2) is 30.3 Å². The summed E-state index contributed by atoms with van der Waals surface area (Å²) >= 11 is 0. The molecule has 0 spiro atoms. The van der Waals surface area contributed by atoms with Crippen LogP contribution in [0.15, 0.2) is 53.5 Å². The molecule has 0 radical (unpaired) electrons. The highest BCUT2D eigenvalue weighted by Gasteiger charge is 2.26. The summed E-state index contributed by atoms with van der Waals surface area (Å²) in [6.07, 6.45) is 4.21. The van der Waals surface area contributed by atoms with Crippen LogP contribution in [0.3, 0.4) is 0 Å². The molecule has 0 aromatic heterocycles. The van der Waals surface area contributed by atoms with Crippen molar-refractivity contribution in [3.8, 4) is 5.75 Å². The van der Waals surface area contributed by atoms with Crippen LogP contribution >= 0.6 is 0 Å². The van der Waals surface area contributed by atoms with Gasteiger partial charge in [-0.25, -0.2) is 0 Å². The monoisotopic (exact) mass is 320 g/mol. The normalized spacial score (nSPS) is 21.4. The molecule has 2 aromatic rings. The quantitative estimate of drug-likeness (QED) is 0.803. The molecular weight excluding hydrogens is 296 g/mol. The lowest BCUT2D eigenvalue weighted by Crippen LogP contribution is -2.43. The molecule has 0 saturated heterocycles. The van der Waals surface area contributed by atoms with E-state index in [4.69, 9.17) is 4.74 Å². The maximum absolute atomic E-state index is 6.12. The lowest BCUT2D eigenvalue weighted by Gasteiger charge is -2.35. The third kappa shape index (κ3) is 3.36. The standard InChI is InChI=1S/C21H24N2O/c1-2-10-23(14-16-6-4-3-5-7-16)19-11-18-9-8-17(20-13-22-20)12-21(18)24-15-19/h3-9,12-13,19-20H,2,10-11,14-15H2,1H3. The average Bonchev–Trinajstić information content (AvgIpc) is 3.46. The van der Waals surface area contributed by atoms with Crippen molar-refractivity contribution in [3.05, 3.63) is 65.2 Å². The van der Waals surface area contributed by atoms with E-state index in [1.54, 1.807) is 0 Å². The van der Waals surface area contributed by atoms with Gasteiger partial charge < -0.3 is 4.74 Å². The maximum atomic E-state index is 6.12. The Hall–Kier alpha value is -2.13. The van der Waals surface area contributed by atoms with Gasteiger partial charge in [-0.2, -0.15) is 0 Å². The molecule has 0 N–H and O–H groups in total. The van der Waals surface area contributed by atoms with Crippen LogP contribution in [0.4, 0.5) is 0 Å². The Morgan fingerprint density at radius 3 is 2.75 bits per heavy atom. The first-order valence-corrected chi connectivity index (χ1v) is 8.90. The van der Waals surface area contributed by atoms with Gasteiger partial charge in [-0.1, -0.05) is 49.4 Å². The van der Waals surface area contributed by atoms with Crippen LogP contribution in [0.25, 0.3) is 0 Å². The molecule has 2 heterocycles. The van der Waals surface area contributed by atoms with Crippen molar-refractivity contribution in [1.29, 1.82) is 0 Å². The maximum Gasteiger partial charge on any atom is 0.122 e. The van der Waals surface area contributed by atoms with Crippen LogP contribution in [0.5, 0.6) is 5.75 Å². The smallest absolute Gasteiger partial charge is 0.122 e. The van der Waals surface area contributed by atoms with E-state index in [0.717, 1.165) is 38.3 Å². The lowest BCUT2D eigenvalue weighted by molar-refractivity contribution is 0.113. The van der Waals surface area contributed by atoms with Crippen molar-refractivity contribution in [1.82, 2.24) is 4.90 Å². The first-order valence-electron chi connectivity index (χ1n) is 8.90. The summed E-state index contributed by atoms with van der Waals surface area (Å²) in [5.74, 6) is 1.05. The molecule has 3 heteroatoms. The van der Waals surface area contributed by atoms with Gasteiger partial charge in [-0.05, 0) is 42.1 Å². The number of benzene rings is 2. The topological polar surface area (TPSA) is 24.8 Å². The van der Waals surface area contributed by atoms with Crippen molar-refractivity contribution >= 4 is 6.21 Å². The summed E-state index contributed by atoms with van der Waals surface area (Å²) in [7, 11) is 0. The Morgan fingerprint density at radius 2 is 2.00 bits per heavy atom. The van der Waals surface area contributed by atoms with Crippen molar-refractivity contribution < 1.29 is 4.74 Å². The van der Waals surface area contributed by atoms with Gasteiger partial charge in [0.15, 0.2) is 0 Å². The van der Waals surface area contributed by atoms with Gasteiger partial charge in [0.25, 0.3) is 0 Å². The van der Waals surface area contributed by atoms with E-state index in [-0.39, 0.29) is 0 Å². The zero-order chi connectivity index (χ0) is 16.4. The molecule has 24 heavy (non-hydrogen) atoms. The largest absolute Gasteiger partial charge is 0.492 e. The number of hydrogen-bond acceptors (Lipinski definition) is 3. The molecule has 2 aromatic carbocycles. The molecule has 3 nitrogen and oxygen atoms in total. The first kappa shape index (κ1) is 15.4. The summed E-state index contributed by atoms with van der Waals surface area (Å²) in [6, 6.07) is 18.1.